The van der Waals surface area contributed by atoms with Crippen molar-refractivity contribution in [3.8, 4) is 11.1 Å². The van der Waals surface area contributed by atoms with Crippen LogP contribution in [0.2, 0.25) is 0 Å². The van der Waals surface area contributed by atoms with Crippen LogP contribution in [0.4, 0.5) is 17.5 Å². The number of anilines is 3. The first-order valence-electron chi connectivity index (χ1n) is 11.0. The van der Waals surface area contributed by atoms with Crippen molar-refractivity contribution < 1.29 is 9.21 Å². The van der Waals surface area contributed by atoms with E-state index < -0.39 is 5.91 Å². The number of aromatic nitrogens is 7. The summed E-state index contributed by atoms with van der Waals surface area (Å²) in [5.41, 5.74) is 10.6. The molecule has 0 radical (unpaired) electrons. The summed E-state index contributed by atoms with van der Waals surface area (Å²) in [6.45, 7) is 1.29. The molecule has 0 atom stereocenters. The number of hydrogen-bond acceptors (Lipinski definition) is 9. The van der Waals surface area contributed by atoms with Gasteiger partial charge in [0.1, 0.15) is 5.52 Å². The molecule has 0 unspecified atom stereocenters. The van der Waals surface area contributed by atoms with E-state index in [-0.39, 0.29) is 11.6 Å². The number of hydrogen-bond donors (Lipinski definition) is 2. The first kappa shape index (κ1) is 20.8. The Morgan fingerprint density at radius 2 is 1.86 bits per heavy atom. The van der Waals surface area contributed by atoms with Gasteiger partial charge in [0, 0.05) is 51.1 Å². The summed E-state index contributed by atoms with van der Waals surface area (Å²) in [7, 11) is 3.68. The highest BCUT2D eigenvalue weighted by Gasteiger charge is 2.33. The summed E-state index contributed by atoms with van der Waals surface area (Å²) in [5.74, 6) is -0.270. The van der Waals surface area contributed by atoms with Crippen LogP contribution in [0.25, 0.3) is 22.2 Å². The molecule has 1 saturated heterocycles. The predicted molar refractivity (Wildman–Crippen MR) is 128 cm³/mol. The molecule has 3 N–H and O–H groups in total. The van der Waals surface area contributed by atoms with Gasteiger partial charge in [-0.1, -0.05) is 6.07 Å². The van der Waals surface area contributed by atoms with Gasteiger partial charge in [0.05, 0.1) is 30.0 Å². The minimum absolute atomic E-state index is 0.0778. The fourth-order valence-corrected chi connectivity index (χ4v) is 4.10. The second-order valence-corrected chi connectivity index (χ2v) is 8.57. The standard InChI is InChI=1S/C23H22N10O2/c1-31-9-14(6-26-31)13-3-4-17-19(5-13)35-23(30-17)33-10-15(11-33)18-8-25-22(20(29-18)21(24)34)28-16-7-27-32(2)12-16/h3-9,12,15H,10-11H2,1-2H3,(H2,24,34)(H,25,28). The van der Waals surface area contributed by atoms with Gasteiger partial charge >= 0.3 is 0 Å². The number of benzene rings is 1. The van der Waals surface area contributed by atoms with E-state index in [0.717, 1.165) is 16.6 Å². The van der Waals surface area contributed by atoms with Crippen LogP contribution in [-0.4, -0.2) is 53.5 Å². The second-order valence-electron chi connectivity index (χ2n) is 8.57. The molecule has 176 valence electrons. The Morgan fingerprint density at radius 3 is 2.57 bits per heavy atom. The normalized spacial score (nSPS) is 13.8. The molecule has 5 heterocycles. The van der Waals surface area contributed by atoms with Crippen LogP contribution >= 0.6 is 0 Å². The van der Waals surface area contributed by atoms with Crippen molar-refractivity contribution in [2.75, 3.05) is 23.3 Å². The lowest BCUT2D eigenvalue weighted by Crippen LogP contribution is -2.45. The number of nitrogens with one attached hydrogen (secondary N) is 1. The zero-order chi connectivity index (χ0) is 24.1. The molecule has 1 aromatic carbocycles. The van der Waals surface area contributed by atoms with E-state index in [9.17, 15) is 4.79 Å². The first-order chi connectivity index (χ1) is 16.9. The Hall–Kier alpha value is -4.74. The smallest absolute Gasteiger partial charge is 0.298 e. The lowest BCUT2D eigenvalue weighted by molar-refractivity contribution is 0.0995. The molecule has 6 rings (SSSR count). The first-order valence-corrected chi connectivity index (χ1v) is 11.0. The summed E-state index contributed by atoms with van der Waals surface area (Å²) in [6, 6.07) is 6.48. The molecule has 0 spiro atoms. The van der Waals surface area contributed by atoms with Crippen molar-refractivity contribution in [2.24, 2.45) is 19.8 Å². The molecular weight excluding hydrogens is 448 g/mol. The minimum Gasteiger partial charge on any atom is -0.423 e. The maximum absolute atomic E-state index is 12.0. The van der Waals surface area contributed by atoms with Gasteiger partial charge in [-0.15, -0.1) is 0 Å². The van der Waals surface area contributed by atoms with E-state index in [0.29, 0.717) is 41.9 Å². The van der Waals surface area contributed by atoms with E-state index in [1.807, 2.05) is 42.5 Å². The predicted octanol–water partition coefficient (Wildman–Crippen LogP) is 2.20. The summed E-state index contributed by atoms with van der Waals surface area (Å²) < 4.78 is 9.44. The molecule has 1 fully saturated rings. The third kappa shape index (κ3) is 3.84. The highest BCUT2D eigenvalue weighted by molar-refractivity contribution is 5.96. The van der Waals surface area contributed by atoms with Crippen molar-refractivity contribution in [1.29, 1.82) is 0 Å². The van der Waals surface area contributed by atoms with Crippen molar-refractivity contribution in [3.05, 3.63) is 60.6 Å². The summed E-state index contributed by atoms with van der Waals surface area (Å²) in [5, 5.41) is 11.4. The average molecular weight is 470 g/mol. The maximum atomic E-state index is 12.0. The van der Waals surface area contributed by atoms with Crippen molar-refractivity contribution in [2.45, 2.75) is 5.92 Å². The van der Waals surface area contributed by atoms with Gasteiger partial charge in [0.2, 0.25) is 0 Å². The van der Waals surface area contributed by atoms with Gasteiger partial charge in [-0.2, -0.15) is 15.2 Å². The molecule has 0 bridgehead atoms. The zero-order valence-corrected chi connectivity index (χ0v) is 19.1. The molecule has 12 heteroatoms. The Morgan fingerprint density at radius 1 is 1.06 bits per heavy atom. The monoisotopic (exact) mass is 470 g/mol. The zero-order valence-electron chi connectivity index (χ0n) is 19.1. The third-order valence-corrected chi connectivity index (χ3v) is 5.98. The Labute approximate surface area is 199 Å². The largest absolute Gasteiger partial charge is 0.423 e. The number of nitrogens with zero attached hydrogens (tertiary/aromatic N) is 8. The lowest BCUT2D eigenvalue weighted by atomic mass is 9.97. The number of aryl methyl sites for hydroxylation is 2. The molecule has 0 aliphatic carbocycles. The second kappa shape index (κ2) is 7.94. The molecule has 12 nitrogen and oxygen atoms in total. The van der Waals surface area contributed by atoms with Gasteiger partial charge in [0.25, 0.3) is 11.9 Å². The van der Waals surface area contributed by atoms with Gasteiger partial charge in [-0.25, -0.2) is 9.97 Å². The number of nitrogens with two attached hydrogens (primary N) is 1. The van der Waals surface area contributed by atoms with Crippen LogP contribution in [-0.2, 0) is 14.1 Å². The highest BCUT2D eigenvalue weighted by Crippen LogP contribution is 2.34. The van der Waals surface area contributed by atoms with E-state index in [4.69, 9.17) is 10.2 Å². The topological polar surface area (TPSA) is 146 Å². The minimum atomic E-state index is -0.648. The number of primary amides is 1. The molecule has 1 aliphatic rings. The van der Waals surface area contributed by atoms with Crippen LogP contribution in [0.3, 0.4) is 0 Å². The summed E-state index contributed by atoms with van der Waals surface area (Å²) in [4.78, 5) is 27.6. The van der Waals surface area contributed by atoms with E-state index in [1.54, 1.807) is 35.0 Å². The highest BCUT2D eigenvalue weighted by atomic mass is 16.4. The Kier molecular flexibility index (Phi) is 4.73. The van der Waals surface area contributed by atoms with Crippen molar-refractivity contribution in [1.82, 2.24) is 34.5 Å². The Bertz CT molecular complexity index is 1560. The fourth-order valence-electron chi connectivity index (χ4n) is 4.10. The molecule has 1 aliphatic heterocycles. The SMILES string of the molecule is Cn1cc(Nc2ncc(C3CN(c4nc5ccc(-c6cnn(C)c6)cc5o4)C3)nc2C(N)=O)cn1. The molecule has 0 saturated carbocycles. The summed E-state index contributed by atoms with van der Waals surface area (Å²) in [6.07, 6.45) is 8.84. The van der Waals surface area contributed by atoms with E-state index in [2.05, 4.69) is 30.5 Å². The molecule has 1 amide bonds. The van der Waals surface area contributed by atoms with Crippen molar-refractivity contribution in [3.63, 3.8) is 0 Å². The van der Waals surface area contributed by atoms with Gasteiger partial charge in [0.15, 0.2) is 17.1 Å². The van der Waals surface area contributed by atoms with Crippen LogP contribution in [0.15, 0.2) is 53.6 Å². The van der Waals surface area contributed by atoms with Crippen LogP contribution < -0.4 is 16.0 Å². The molecule has 5 aromatic rings. The third-order valence-electron chi connectivity index (χ3n) is 5.98. The van der Waals surface area contributed by atoms with Crippen LogP contribution in [0.1, 0.15) is 22.1 Å². The van der Waals surface area contributed by atoms with Crippen LogP contribution in [0, 0.1) is 0 Å². The van der Waals surface area contributed by atoms with E-state index in [1.165, 1.54) is 0 Å². The Balaban J connectivity index is 1.18. The summed E-state index contributed by atoms with van der Waals surface area (Å²) >= 11 is 0. The van der Waals surface area contributed by atoms with Gasteiger partial charge < -0.3 is 20.4 Å². The number of carbonyl (C=O) groups is 1. The number of oxazole rings is 1. The number of fused-ring (bicyclic) bond motifs is 1. The molecular formula is C23H22N10O2. The maximum Gasteiger partial charge on any atom is 0.298 e. The molecule has 4 aromatic heterocycles. The average Bonchev–Trinajstić information content (AvgIpc) is 3.52. The van der Waals surface area contributed by atoms with Gasteiger partial charge in [-0.3, -0.25) is 14.2 Å². The fraction of sp³-hybridized carbons (Fsp3) is 0.217. The lowest BCUT2D eigenvalue weighted by Gasteiger charge is -2.37. The number of carbonyl (C=O) groups excluding carboxylic acids is 1. The van der Waals surface area contributed by atoms with Crippen molar-refractivity contribution >= 4 is 34.5 Å². The number of rotatable bonds is 6. The van der Waals surface area contributed by atoms with Gasteiger partial charge in [-0.05, 0) is 17.7 Å². The quantitative estimate of drug-likeness (QED) is 0.381. The number of amides is 1. The van der Waals surface area contributed by atoms with Crippen LogP contribution in [0.5, 0.6) is 0 Å². The molecule has 35 heavy (non-hydrogen) atoms. The van der Waals surface area contributed by atoms with E-state index >= 15 is 0 Å².